The fraction of sp³-hybridized carbons (Fsp3) is 0.0714. The first-order chi connectivity index (χ1) is 9.83. The third-order valence-corrected chi connectivity index (χ3v) is 4.74. The summed E-state index contributed by atoms with van der Waals surface area (Å²) in [5.41, 5.74) is 7.55. The molecule has 2 aromatic carbocycles. The average Bonchev–Trinajstić information content (AvgIpc) is 2.43. The van der Waals surface area contributed by atoms with Crippen molar-refractivity contribution in [2.24, 2.45) is 0 Å². The Morgan fingerprint density at radius 3 is 2.57 bits per heavy atom. The van der Waals surface area contributed by atoms with Crippen molar-refractivity contribution in [2.75, 3.05) is 10.5 Å². The van der Waals surface area contributed by atoms with Crippen LogP contribution in [0, 0.1) is 12.3 Å². The summed E-state index contributed by atoms with van der Waals surface area (Å²) < 4.78 is 27.1. The maximum atomic E-state index is 12.3. The van der Waals surface area contributed by atoms with Gasteiger partial charge in [-0.15, -0.1) is 0 Å². The predicted molar refractivity (Wildman–Crippen MR) is 85.7 cm³/mol. The summed E-state index contributed by atoms with van der Waals surface area (Å²) in [6.07, 6.45) is 1.07. The van der Waals surface area contributed by atoms with E-state index in [9.17, 15) is 8.42 Å². The van der Waals surface area contributed by atoms with E-state index in [0.29, 0.717) is 27.5 Å². The van der Waals surface area contributed by atoms with Crippen LogP contribution in [0.4, 0.5) is 11.4 Å². The van der Waals surface area contributed by atoms with Crippen molar-refractivity contribution in [1.82, 2.24) is 0 Å². The lowest BCUT2D eigenvalue weighted by atomic mass is 10.2. The smallest absolute Gasteiger partial charge is 0.261 e. The first kappa shape index (κ1) is 15.3. The minimum Gasteiger partial charge on any atom is -0.398 e. The molecular formula is C14H14ClN3O2S. The van der Waals surface area contributed by atoms with Crippen LogP contribution >= 0.6 is 11.6 Å². The highest BCUT2D eigenvalue weighted by atomic mass is 35.5. The molecule has 0 bridgehead atoms. The zero-order valence-corrected chi connectivity index (χ0v) is 12.8. The van der Waals surface area contributed by atoms with Crippen LogP contribution in [-0.2, 0) is 10.0 Å². The minimum atomic E-state index is -3.71. The molecule has 0 radical (unpaired) electrons. The number of halogens is 1. The average molecular weight is 324 g/mol. The van der Waals surface area contributed by atoms with Crippen LogP contribution in [-0.4, -0.2) is 14.6 Å². The number of nitrogen functional groups attached to an aromatic ring is 1. The van der Waals surface area contributed by atoms with Gasteiger partial charge < -0.3 is 11.1 Å². The maximum absolute atomic E-state index is 12.3. The van der Waals surface area contributed by atoms with Crippen LogP contribution in [0.1, 0.15) is 11.1 Å². The lowest BCUT2D eigenvalue weighted by Gasteiger charge is -2.10. The van der Waals surface area contributed by atoms with Gasteiger partial charge in [0, 0.05) is 28.2 Å². The summed E-state index contributed by atoms with van der Waals surface area (Å²) in [5, 5.41) is 7.74. The van der Waals surface area contributed by atoms with Gasteiger partial charge in [0.1, 0.15) is 0 Å². The van der Waals surface area contributed by atoms with Gasteiger partial charge in [-0.25, -0.2) is 8.42 Å². The normalized spacial score (nSPS) is 11.1. The summed E-state index contributed by atoms with van der Waals surface area (Å²) in [7, 11) is -3.71. The number of benzene rings is 2. The number of rotatable bonds is 4. The quantitative estimate of drug-likeness (QED) is 0.596. The number of nitrogens with two attached hydrogens (primary N) is 1. The molecule has 21 heavy (non-hydrogen) atoms. The highest BCUT2D eigenvalue weighted by Crippen LogP contribution is 2.23. The Balaban J connectivity index is 2.37. The molecule has 0 spiro atoms. The molecule has 0 fully saturated rings. The third-order valence-electron chi connectivity index (χ3n) is 2.93. The largest absolute Gasteiger partial charge is 0.398 e. The van der Waals surface area contributed by atoms with Crippen molar-refractivity contribution >= 4 is 39.2 Å². The van der Waals surface area contributed by atoms with Crippen molar-refractivity contribution < 1.29 is 8.42 Å². The monoisotopic (exact) mass is 323 g/mol. The number of aryl methyl sites for hydroxylation is 1. The summed E-state index contributed by atoms with van der Waals surface area (Å²) >= 11 is 5.89. The summed E-state index contributed by atoms with van der Waals surface area (Å²) in [4.78, 5) is 0.123. The number of anilines is 2. The van der Waals surface area contributed by atoms with E-state index in [1.165, 1.54) is 24.3 Å². The first-order valence-electron chi connectivity index (χ1n) is 6.02. The van der Waals surface area contributed by atoms with E-state index >= 15 is 0 Å². The summed E-state index contributed by atoms with van der Waals surface area (Å²) in [5.74, 6) is 0. The number of nitrogens with one attached hydrogen (secondary N) is 2. The van der Waals surface area contributed by atoms with E-state index in [4.69, 9.17) is 22.7 Å². The molecule has 0 heterocycles. The second-order valence-corrected chi connectivity index (χ2v) is 6.59. The molecule has 110 valence electrons. The molecule has 0 aliphatic rings. The molecule has 0 amide bonds. The zero-order chi connectivity index (χ0) is 15.6. The first-order valence-corrected chi connectivity index (χ1v) is 7.88. The van der Waals surface area contributed by atoms with Crippen LogP contribution in [0.5, 0.6) is 0 Å². The molecule has 0 atom stereocenters. The van der Waals surface area contributed by atoms with Crippen molar-refractivity contribution in [3.8, 4) is 0 Å². The minimum absolute atomic E-state index is 0.123. The molecular weight excluding hydrogens is 310 g/mol. The highest BCUT2D eigenvalue weighted by Gasteiger charge is 2.15. The van der Waals surface area contributed by atoms with Gasteiger partial charge in [0.05, 0.1) is 4.90 Å². The predicted octanol–water partition coefficient (Wildman–Crippen LogP) is 3.03. The molecule has 0 saturated carbocycles. The van der Waals surface area contributed by atoms with E-state index in [1.54, 1.807) is 19.1 Å². The van der Waals surface area contributed by atoms with Gasteiger partial charge in [-0.1, -0.05) is 11.6 Å². The van der Waals surface area contributed by atoms with Gasteiger partial charge in [0.2, 0.25) is 0 Å². The second kappa shape index (κ2) is 5.75. The Hall–Kier alpha value is -2.05. The molecule has 0 aromatic heterocycles. The molecule has 5 nitrogen and oxygen atoms in total. The van der Waals surface area contributed by atoms with E-state index in [1.807, 2.05) is 0 Å². The Kier molecular flexibility index (Phi) is 4.20. The second-order valence-electron chi connectivity index (χ2n) is 4.50. The van der Waals surface area contributed by atoms with Crippen LogP contribution in [0.3, 0.4) is 0 Å². The molecule has 2 aromatic rings. The fourth-order valence-corrected chi connectivity index (χ4v) is 3.01. The SMILES string of the molecule is Cc1cc(S(=O)(=O)Nc2ccc(N)c(C=N)c2)ccc1Cl. The van der Waals surface area contributed by atoms with E-state index in [0.717, 1.165) is 6.21 Å². The highest BCUT2D eigenvalue weighted by molar-refractivity contribution is 7.92. The third kappa shape index (κ3) is 3.34. The van der Waals surface area contributed by atoms with Gasteiger partial charge >= 0.3 is 0 Å². The van der Waals surface area contributed by atoms with Crippen LogP contribution in [0.2, 0.25) is 5.02 Å². The molecule has 7 heteroatoms. The molecule has 4 N–H and O–H groups in total. The lowest BCUT2D eigenvalue weighted by Crippen LogP contribution is -2.13. The maximum Gasteiger partial charge on any atom is 0.261 e. The van der Waals surface area contributed by atoms with Crippen LogP contribution in [0.25, 0.3) is 0 Å². The van der Waals surface area contributed by atoms with E-state index in [-0.39, 0.29) is 4.90 Å². The Labute approximate surface area is 128 Å². The molecule has 0 saturated heterocycles. The zero-order valence-electron chi connectivity index (χ0n) is 11.2. The Morgan fingerprint density at radius 1 is 1.24 bits per heavy atom. The topological polar surface area (TPSA) is 96.0 Å². The molecule has 0 aliphatic carbocycles. The van der Waals surface area contributed by atoms with Crippen molar-refractivity contribution in [2.45, 2.75) is 11.8 Å². The number of hydrogen-bond donors (Lipinski definition) is 3. The number of hydrogen-bond acceptors (Lipinski definition) is 4. The standard InChI is InChI=1S/C14H14ClN3O2S/c1-9-6-12(3-4-13(9)15)21(19,20)18-11-2-5-14(17)10(7-11)8-16/h2-8,16,18H,17H2,1H3. The van der Waals surface area contributed by atoms with Crippen LogP contribution < -0.4 is 10.5 Å². The van der Waals surface area contributed by atoms with E-state index < -0.39 is 10.0 Å². The van der Waals surface area contributed by atoms with Gasteiger partial charge in [-0.3, -0.25) is 4.72 Å². The molecule has 0 unspecified atom stereocenters. The van der Waals surface area contributed by atoms with Gasteiger partial charge in [-0.05, 0) is 48.9 Å². The number of sulfonamides is 1. The molecule has 2 rings (SSSR count). The Bertz CT molecular complexity index is 804. The lowest BCUT2D eigenvalue weighted by molar-refractivity contribution is 0.601. The summed E-state index contributed by atoms with van der Waals surface area (Å²) in [6.45, 7) is 1.73. The van der Waals surface area contributed by atoms with Gasteiger partial charge in [0.15, 0.2) is 0 Å². The van der Waals surface area contributed by atoms with Crippen molar-refractivity contribution in [1.29, 1.82) is 5.41 Å². The molecule has 0 aliphatic heterocycles. The van der Waals surface area contributed by atoms with Gasteiger partial charge in [0.25, 0.3) is 10.0 Å². The van der Waals surface area contributed by atoms with E-state index in [2.05, 4.69) is 4.72 Å². The van der Waals surface area contributed by atoms with Gasteiger partial charge in [-0.2, -0.15) is 0 Å². The van der Waals surface area contributed by atoms with Crippen molar-refractivity contribution in [3.63, 3.8) is 0 Å². The van der Waals surface area contributed by atoms with Crippen molar-refractivity contribution in [3.05, 3.63) is 52.5 Å². The fourth-order valence-electron chi connectivity index (χ4n) is 1.76. The van der Waals surface area contributed by atoms with Crippen LogP contribution in [0.15, 0.2) is 41.3 Å². The Morgan fingerprint density at radius 2 is 1.95 bits per heavy atom. The summed E-state index contributed by atoms with van der Waals surface area (Å²) in [6, 6.07) is 9.07.